The van der Waals surface area contributed by atoms with Crippen LogP contribution < -0.4 is 60.2 Å². The molecule has 2 rings (SSSR count). The SMILES string of the molecule is CC(C)CC1NC(=O)C(Cc2ccccc2)NC(=O)C(CCN)NC(=O)C(CCN)NC(=O)C(C(C)O)NC(=O)C(CCN)NC(=O)C(CCN)NC1=O. The van der Waals surface area contributed by atoms with Crippen LogP contribution >= 0.6 is 0 Å². The fourth-order valence-electron chi connectivity index (χ4n) is 5.79. The van der Waals surface area contributed by atoms with Crippen molar-refractivity contribution in [2.45, 2.75) is 108 Å². The maximum atomic E-state index is 14.0. The summed E-state index contributed by atoms with van der Waals surface area (Å²) in [5.74, 6) is -5.76. The molecule has 19 heteroatoms. The van der Waals surface area contributed by atoms with Crippen molar-refractivity contribution in [2.24, 2.45) is 28.9 Å². The molecule has 19 nitrogen and oxygen atoms in total. The van der Waals surface area contributed by atoms with Crippen LogP contribution in [0.2, 0.25) is 0 Å². The Morgan fingerprint density at radius 2 is 0.833 bits per heavy atom. The predicted molar refractivity (Wildman–Crippen MR) is 199 cm³/mol. The van der Waals surface area contributed by atoms with Crippen LogP contribution in [0.3, 0.4) is 0 Å². The van der Waals surface area contributed by atoms with Crippen LogP contribution in [0.1, 0.15) is 58.4 Å². The van der Waals surface area contributed by atoms with Gasteiger partial charge in [-0.1, -0.05) is 44.2 Å². The zero-order chi connectivity index (χ0) is 40.4. The maximum Gasteiger partial charge on any atom is 0.245 e. The monoisotopic (exact) mass is 761 g/mol. The van der Waals surface area contributed by atoms with Gasteiger partial charge in [0.05, 0.1) is 6.10 Å². The van der Waals surface area contributed by atoms with Gasteiger partial charge in [-0.25, -0.2) is 0 Å². The molecule has 8 unspecified atom stereocenters. The Kier molecular flexibility index (Phi) is 19.5. The van der Waals surface area contributed by atoms with E-state index in [1.165, 1.54) is 6.92 Å². The Bertz CT molecular complexity index is 1410. The van der Waals surface area contributed by atoms with Crippen LogP contribution in [0.5, 0.6) is 0 Å². The van der Waals surface area contributed by atoms with Crippen LogP contribution in [-0.2, 0) is 40.0 Å². The molecular formula is C35H59N11O8. The average Bonchev–Trinajstić information content (AvgIpc) is 3.11. The minimum absolute atomic E-state index is 0.00603. The summed E-state index contributed by atoms with van der Waals surface area (Å²) in [7, 11) is 0. The van der Waals surface area contributed by atoms with Gasteiger partial charge in [-0.15, -0.1) is 0 Å². The van der Waals surface area contributed by atoms with E-state index >= 15 is 0 Å². The first-order valence-corrected chi connectivity index (χ1v) is 18.3. The van der Waals surface area contributed by atoms with E-state index in [0.29, 0.717) is 5.56 Å². The average molecular weight is 762 g/mol. The zero-order valence-corrected chi connectivity index (χ0v) is 31.3. The van der Waals surface area contributed by atoms with Gasteiger partial charge in [0.2, 0.25) is 41.4 Å². The summed E-state index contributed by atoms with van der Waals surface area (Å²) in [6.45, 7) is 4.68. The van der Waals surface area contributed by atoms with Gasteiger partial charge in [0, 0.05) is 6.42 Å². The van der Waals surface area contributed by atoms with E-state index in [1.54, 1.807) is 30.3 Å². The molecule has 8 atom stereocenters. The second kappa shape index (κ2) is 23.2. The van der Waals surface area contributed by atoms with Crippen molar-refractivity contribution >= 4 is 41.4 Å². The first-order valence-electron chi connectivity index (χ1n) is 18.3. The number of nitrogens with one attached hydrogen (secondary N) is 7. The minimum atomic E-state index is -1.60. The molecule has 1 aromatic rings. The molecule has 16 N–H and O–H groups in total. The van der Waals surface area contributed by atoms with E-state index in [1.807, 2.05) is 13.8 Å². The fourth-order valence-corrected chi connectivity index (χ4v) is 5.79. The third kappa shape index (κ3) is 14.6. The molecule has 0 radical (unpaired) electrons. The lowest BCUT2D eigenvalue weighted by Gasteiger charge is -2.28. The lowest BCUT2D eigenvalue weighted by molar-refractivity contribution is -0.137. The third-order valence-electron chi connectivity index (χ3n) is 8.67. The Hall–Kier alpha value is -4.69. The highest BCUT2D eigenvalue weighted by Crippen LogP contribution is 2.10. The molecule has 302 valence electrons. The molecule has 0 bridgehead atoms. The first kappa shape index (κ1) is 45.5. The molecule has 1 heterocycles. The molecule has 0 saturated carbocycles. The third-order valence-corrected chi connectivity index (χ3v) is 8.67. The molecule has 1 saturated heterocycles. The molecular weight excluding hydrogens is 702 g/mol. The van der Waals surface area contributed by atoms with Crippen LogP contribution in [-0.4, -0.2) is 121 Å². The van der Waals surface area contributed by atoms with Gasteiger partial charge >= 0.3 is 0 Å². The van der Waals surface area contributed by atoms with E-state index in [4.69, 9.17) is 22.9 Å². The van der Waals surface area contributed by atoms with Gasteiger partial charge in [0.15, 0.2) is 0 Å². The van der Waals surface area contributed by atoms with Crippen molar-refractivity contribution in [3.63, 3.8) is 0 Å². The number of hydrogen-bond acceptors (Lipinski definition) is 12. The van der Waals surface area contributed by atoms with Crippen LogP contribution in [0.4, 0.5) is 0 Å². The van der Waals surface area contributed by atoms with Gasteiger partial charge in [0.25, 0.3) is 0 Å². The highest BCUT2D eigenvalue weighted by molar-refractivity contribution is 5.98. The molecule has 0 aliphatic carbocycles. The van der Waals surface area contributed by atoms with Crippen molar-refractivity contribution in [2.75, 3.05) is 26.2 Å². The number of rotatable bonds is 13. The fraction of sp³-hybridized carbons (Fsp3) is 0.629. The van der Waals surface area contributed by atoms with Gasteiger partial charge in [-0.3, -0.25) is 33.6 Å². The normalized spacial score (nSPS) is 26.2. The highest BCUT2D eigenvalue weighted by Gasteiger charge is 2.36. The van der Waals surface area contributed by atoms with Gasteiger partial charge in [-0.2, -0.15) is 0 Å². The summed E-state index contributed by atoms with van der Waals surface area (Å²) in [6.07, 6.45) is -1.62. The molecule has 1 aromatic carbocycles. The van der Waals surface area contributed by atoms with Crippen molar-refractivity contribution in [1.29, 1.82) is 0 Å². The maximum absolute atomic E-state index is 14.0. The predicted octanol–water partition coefficient (Wildman–Crippen LogP) is -4.54. The van der Waals surface area contributed by atoms with Crippen molar-refractivity contribution in [3.8, 4) is 0 Å². The summed E-state index contributed by atoms with van der Waals surface area (Å²) in [4.78, 5) is 95.6. The summed E-state index contributed by atoms with van der Waals surface area (Å²) in [5.41, 5.74) is 23.8. The lowest BCUT2D eigenvalue weighted by atomic mass is 10.00. The van der Waals surface area contributed by atoms with Crippen LogP contribution in [0.15, 0.2) is 30.3 Å². The Labute approximate surface area is 315 Å². The second-order valence-corrected chi connectivity index (χ2v) is 13.7. The van der Waals surface area contributed by atoms with Crippen LogP contribution in [0.25, 0.3) is 0 Å². The molecule has 1 aliphatic heterocycles. The topological polar surface area (TPSA) is 328 Å². The van der Waals surface area contributed by atoms with E-state index in [0.717, 1.165) is 0 Å². The minimum Gasteiger partial charge on any atom is -0.391 e. The standard InChI is InChI=1S/C35H59N11O8/c1-19(2)17-26-33(52)42-22(9-13-36)29(48)41-25(12-16-39)32(51)46-28(20(3)47)35(54)43-24(11-15-38)30(49)40-23(10-14-37)31(50)45-27(34(53)44-26)18-21-7-5-4-6-8-21/h4-8,19-20,22-28,47H,9-18,36-39H2,1-3H3,(H,40,49)(H,41,48)(H,42,52)(H,43,54)(H,44,53)(H,45,50)(H,46,51). The molecule has 1 aliphatic rings. The molecule has 1 fully saturated rings. The quantitative estimate of drug-likeness (QED) is 0.0905. The Morgan fingerprint density at radius 3 is 1.22 bits per heavy atom. The molecule has 54 heavy (non-hydrogen) atoms. The summed E-state index contributed by atoms with van der Waals surface area (Å²) >= 11 is 0. The summed E-state index contributed by atoms with van der Waals surface area (Å²) in [5, 5.41) is 28.6. The van der Waals surface area contributed by atoms with E-state index in [9.17, 15) is 38.7 Å². The van der Waals surface area contributed by atoms with Crippen molar-refractivity contribution in [1.82, 2.24) is 37.2 Å². The zero-order valence-electron chi connectivity index (χ0n) is 31.3. The van der Waals surface area contributed by atoms with Gasteiger partial charge < -0.3 is 65.3 Å². The highest BCUT2D eigenvalue weighted by atomic mass is 16.3. The van der Waals surface area contributed by atoms with E-state index in [2.05, 4.69) is 37.2 Å². The number of carbonyl (C=O) groups is 7. The van der Waals surface area contributed by atoms with Crippen molar-refractivity contribution in [3.05, 3.63) is 35.9 Å². The van der Waals surface area contributed by atoms with Crippen molar-refractivity contribution < 1.29 is 38.7 Å². The number of aliphatic hydroxyl groups is 1. The number of aliphatic hydroxyl groups excluding tert-OH is 1. The van der Waals surface area contributed by atoms with E-state index in [-0.39, 0.29) is 70.6 Å². The van der Waals surface area contributed by atoms with E-state index < -0.39 is 89.7 Å². The first-order chi connectivity index (χ1) is 25.6. The number of carbonyl (C=O) groups excluding carboxylic acids is 7. The second-order valence-electron chi connectivity index (χ2n) is 13.7. The summed E-state index contributed by atoms with van der Waals surface area (Å²) in [6, 6.07) is -0.363. The Morgan fingerprint density at radius 1 is 0.500 bits per heavy atom. The number of nitrogens with two attached hydrogens (primary N) is 4. The van der Waals surface area contributed by atoms with Crippen LogP contribution in [0, 0.1) is 5.92 Å². The molecule has 0 aromatic heterocycles. The molecule has 0 spiro atoms. The van der Waals surface area contributed by atoms with Gasteiger partial charge in [0.1, 0.15) is 42.3 Å². The number of amides is 7. The summed E-state index contributed by atoms with van der Waals surface area (Å²) < 4.78 is 0. The number of benzene rings is 1. The lowest BCUT2D eigenvalue weighted by Crippen LogP contribution is -2.62. The smallest absolute Gasteiger partial charge is 0.245 e. The van der Waals surface area contributed by atoms with Gasteiger partial charge in [-0.05, 0) is 76.7 Å². The molecule has 7 amide bonds. The Balaban J connectivity index is 2.68. The number of hydrogen-bond donors (Lipinski definition) is 12. The largest absolute Gasteiger partial charge is 0.391 e.